The fourth-order valence-corrected chi connectivity index (χ4v) is 2.69. The first-order valence-corrected chi connectivity index (χ1v) is 8.29. The van der Waals surface area contributed by atoms with Gasteiger partial charge in [0.05, 0.1) is 22.1 Å². The Morgan fingerprint density at radius 3 is 2.17 bits per heavy atom. The van der Waals surface area contributed by atoms with Gasteiger partial charge in [-0.05, 0) is 27.2 Å². The first kappa shape index (κ1) is 18.1. The van der Waals surface area contributed by atoms with Gasteiger partial charge in [0.15, 0.2) is 0 Å². The number of hydrogen-bond acceptors (Lipinski definition) is 3. The molecule has 0 atom stereocenters. The standard InChI is InChI=1S/C14H18Cl3N5O/c1-8-12(15)10(3)22(20-8)7-11(23)18-5-4-6-21-14(17)13(16)9(2)19-21/h4-7H2,1-3H3,(H,18,23). The van der Waals surface area contributed by atoms with Crippen LogP contribution in [0.2, 0.25) is 15.2 Å². The van der Waals surface area contributed by atoms with E-state index in [0.29, 0.717) is 40.4 Å². The van der Waals surface area contributed by atoms with Gasteiger partial charge in [0.25, 0.3) is 0 Å². The number of carbonyl (C=O) groups is 1. The molecule has 2 aromatic heterocycles. The van der Waals surface area contributed by atoms with Gasteiger partial charge in [0.2, 0.25) is 5.91 Å². The number of nitrogens with zero attached hydrogens (tertiary/aromatic N) is 4. The van der Waals surface area contributed by atoms with E-state index in [9.17, 15) is 4.79 Å². The highest BCUT2D eigenvalue weighted by Gasteiger charge is 2.13. The van der Waals surface area contributed by atoms with Gasteiger partial charge in [-0.15, -0.1) is 0 Å². The quantitative estimate of drug-likeness (QED) is 0.785. The second-order valence-corrected chi connectivity index (χ2v) is 6.37. The molecular weight excluding hydrogens is 361 g/mol. The summed E-state index contributed by atoms with van der Waals surface area (Å²) in [7, 11) is 0. The zero-order valence-electron chi connectivity index (χ0n) is 13.2. The first-order valence-electron chi connectivity index (χ1n) is 7.16. The largest absolute Gasteiger partial charge is 0.354 e. The molecule has 126 valence electrons. The smallest absolute Gasteiger partial charge is 0.241 e. The number of aryl methyl sites for hydroxylation is 3. The molecule has 1 N–H and O–H groups in total. The minimum absolute atomic E-state index is 0.118. The van der Waals surface area contributed by atoms with E-state index in [4.69, 9.17) is 34.8 Å². The second kappa shape index (κ2) is 7.55. The van der Waals surface area contributed by atoms with Crippen molar-refractivity contribution in [1.29, 1.82) is 0 Å². The molecule has 2 rings (SSSR count). The molecule has 1 amide bonds. The molecule has 0 radical (unpaired) electrons. The number of amides is 1. The van der Waals surface area contributed by atoms with Gasteiger partial charge >= 0.3 is 0 Å². The zero-order valence-corrected chi connectivity index (χ0v) is 15.4. The molecule has 0 aliphatic carbocycles. The lowest BCUT2D eigenvalue weighted by Gasteiger charge is -2.07. The molecule has 0 aliphatic rings. The zero-order chi connectivity index (χ0) is 17.1. The highest BCUT2D eigenvalue weighted by atomic mass is 35.5. The van der Waals surface area contributed by atoms with Gasteiger partial charge in [-0.1, -0.05) is 34.8 Å². The van der Waals surface area contributed by atoms with Crippen LogP contribution in [0.5, 0.6) is 0 Å². The number of halogens is 3. The molecule has 2 heterocycles. The fourth-order valence-electron chi connectivity index (χ4n) is 2.16. The first-order chi connectivity index (χ1) is 10.8. The van der Waals surface area contributed by atoms with Gasteiger partial charge in [0.1, 0.15) is 16.7 Å². The normalized spacial score (nSPS) is 11.0. The van der Waals surface area contributed by atoms with Crippen molar-refractivity contribution < 1.29 is 4.79 Å². The van der Waals surface area contributed by atoms with Crippen LogP contribution in [0.3, 0.4) is 0 Å². The SMILES string of the molecule is Cc1nn(CC(=O)NCCCn2nc(C)c(Cl)c2Cl)c(C)c1Cl. The molecular formula is C14H18Cl3N5O. The Labute approximate surface area is 149 Å². The molecule has 0 aromatic carbocycles. The summed E-state index contributed by atoms with van der Waals surface area (Å²) in [5.74, 6) is -0.118. The van der Waals surface area contributed by atoms with Gasteiger partial charge in [-0.3, -0.25) is 14.2 Å². The van der Waals surface area contributed by atoms with Crippen molar-refractivity contribution in [3.8, 4) is 0 Å². The van der Waals surface area contributed by atoms with Crippen LogP contribution in [-0.2, 0) is 17.9 Å². The number of carbonyl (C=O) groups excluding carboxylic acids is 1. The Bertz CT molecular complexity index is 723. The summed E-state index contributed by atoms with van der Waals surface area (Å²) in [4.78, 5) is 11.9. The van der Waals surface area contributed by atoms with Crippen LogP contribution in [0.4, 0.5) is 0 Å². The van der Waals surface area contributed by atoms with E-state index >= 15 is 0 Å². The van der Waals surface area contributed by atoms with E-state index in [0.717, 1.165) is 11.4 Å². The summed E-state index contributed by atoms with van der Waals surface area (Å²) in [6.45, 7) is 6.68. The maximum absolute atomic E-state index is 11.9. The predicted molar refractivity (Wildman–Crippen MR) is 91.3 cm³/mol. The highest BCUT2D eigenvalue weighted by molar-refractivity contribution is 6.41. The van der Waals surface area contributed by atoms with Crippen LogP contribution < -0.4 is 5.32 Å². The summed E-state index contributed by atoms with van der Waals surface area (Å²) >= 11 is 18.1. The molecule has 0 spiro atoms. The van der Waals surface area contributed by atoms with Crippen LogP contribution in [0, 0.1) is 20.8 Å². The predicted octanol–water partition coefficient (Wildman–Crippen LogP) is 3.17. The van der Waals surface area contributed by atoms with Crippen LogP contribution >= 0.6 is 34.8 Å². The molecule has 0 saturated carbocycles. The van der Waals surface area contributed by atoms with Gasteiger partial charge < -0.3 is 5.32 Å². The number of nitrogens with one attached hydrogen (secondary N) is 1. The van der Waals surface area contributed by atoms with Crippen molar-refractivity contribution in [2.45, 2.75) is 40.3 Å². The second-order valence-electron chi connectivity index (χ2n) is 5.26. The van der Waals surface area contributed by atoms with E-state index in [1.165, 1.54) is 0 Å². The Morgan fingerprint density at radius 1 is 1.04 bits per heavy atom. The van der Waals surface area contributed by atoms with Crippen LogP contribution in [-0.4, -0.2) is 32.0 Å². The molecule has 6 nitrogen and oxygen atoms in total. The maximum Gasteiger partial charge on any atom is 0.241 e. The lowest BCUT2D eigenvalue weighted by molar-refractivity contribution is -0.121. The monoisotopic (exact) mass is 377 g/mol. The number of rotatable bonds is 6. The van der Waals surface area contributed by atoms with Crippen molar-refractivity contribution in [2.75, 3.05) is 6.54 Å². The minimum Gasteiger partial charge on any atom is -0.354 e. The van der Waals surface area contributed by atoms with E-state index in [1.54, 1.807) is 16.3 Å². The lowest BCUT2D eigenvalue weighted by Crippen LogP contribution is -2.29. The average Bonchev–Trinajstić information content (AvgIpc) is 2.89. The van der Waals surface area contributed by atoms with Crippen LogP contribution in [0.15, 0.2) is 0 Å². The Hall–Kier alpha value is -1.24. The van der Waals surface area contributed by atoms with Gasteiger partial charge in [-0.25, -0.2) is 0 Å². The van der Waals surface area contributed by atoms with Gasteiger partial charge in [-0.2, -0.15) is 10.2 Å². The van der Waals surface area contributed by atoms with E-state index < -0.39 is 0 Å². The molecule has 0 aliphatic heterocycles. The summed E-state index contributed by atoms with van der Waals surface area (Å²) in [5, 5.41) is 12.8. The lowest BCUT2D eigenvalue weighted by atomic mass is 10.4. The molecule has 0 saturated heterocycles. The van der Waals surface area contributed by atoms with Crippen LogP contribution in [0.1, 0.15) is 23.5 Å². The highest BCUT2D eigenvalue weighted by Crippen LogP contribution is 2.24. The Kier molecular flexibility index (Phi) is 5.95. The summed E-state index contributed by atoms with van der Waals surface area (Å²) < 4.78 is 3.23. The summed E-state index contributed by atoms with van der Waals surface area (Å²) in [5.41, 5.74) is 2.20. The fraction of sp³-hybridized carbons (Fsp3) is 0.500. The Balaban J connectivity index is 1.79. The Morgan fingerprint density at radius 2 is 1.65 bits per heavy atom. The van der Waals surface area contributed by atoms with Crippen molar-refractivity contribution >= 4 is 40.7 Å². The van der Waals surface area contributed by atoms with Crippen molar-refractivity contribution in [1.82, 2.24) is 24.9 Å². The van der Waals surface area contributed by atoms with Crippen LogP contribution in [0.25, 0.3) is 0 Å². The minimum atomic E-state index is -0.118. The number of hydrogen-bond donors (Lipinski definition) is 1. The van der Waals surface area contributed by atoms with Gasteiger partial charge in [0, 0.05) is 13.1 Å². The van der Waals surface area contributed by atoms with Crippen molar-refractivity contribution in [3.63, 3.8) is 0 Å². The van der Waals surface area contributed by atoms with E-state index in [1.807, 2.05) is 13.8 Å². The third-order valence-electron chi connectivity index (χ3n) is 3.45. The molecule has 23 heavy (non-hydrogen) atoms. The van der Waals surface area contributed by atoms with E-state index in [2.05, 4.69) is 15.5 Å². The molecule has 0 fully saturated rings. The molecule has 2 aromatic rings. The average molecular weight is 379 g/mol. The molecule has 9 heteroatoms. The van der Waals surface area contributed by atoms with E-state index in [-0.39, 0.29) is 12.5 Å². The molecule has 0 unspecified atom stereocenters. The maximum atomic E-state index is 11.9. The number of aromatic nitrogens is 4. The van der Waals surface area contributed by atoms with Crippen molar-refractivity contribution in [3.05, 3.63) is 32.3 Å². The third-order valence-corrected chi connectivity index (χ3v) is 4.93. The van der Waals surface area contributed by atoms with Crippen molar-refractivity contribution in [2.24, 2.45) is 0 Å². The summed E-state index contributed by atoms with van der Waals surface area (Å²) in [6.07, 6.45) is 0.695. The topological polar surface area (TPSA) is 64.7 Å². The molecule has 0 bridgehead atoms. The summed E-state index contributed by atoms with van der Waals surface area (Å²) in [6, 6.07) is 0. The third kappa shape index (κ3) is 4.19.